The summed E-state index contributed by atoms with van der Waals surface area (Å²) in [6.07, 6.45) is 9.89. The Bertz CT molecular complexity index is 1790. The number of amides is 1. The predicted molar refractivity (Wildman–Crippen MR) is 164 cm³/mol. The summed E-state index contributed by atoms with van der Waals surface area (Å²) in [5, 5.41) is 6.49. The van der Waals surface area contributed by atoms with Gasteiger partial charge < -0.3 is 20.3 Å². The second-order valence-corrected chi connectivity index (χ2v) is 11.0. The first-order valence-corrected chi connectivity index (χ1v) is 14.6. The summed E-state index contributed by atoms with van der Waals surface area (Å²) < 4.78 is 37.5. The number of imidazole rings is 1. The van der Waals surface area contributed by atoms with E-state index < -0.39 is 11.6 Å². The number of fused-ring (bicyclic) bond motifs is 1. The number of halogens is 2. The number of pyridine rings is 1. The van der Waals surface area contributed by atoms with Gasteiger partial charge in [0.25, 0.3) is 5.91 Å². The zero-order chi connectivity index (χ0) is 30.6. The molecule has 0 saturated carbocycles. The van der Waals surface area contributed by atoms with Crippen molar-refractivity contribution in [2.24, 2.45) is 5.92 Å². The van der Waals surface area contributed by atoms with Crippen molar-refractivity contribution >= 4 is 23.1 Å². The van der Waals surface area contributed by atoms with Gasteiger partial charge >= 0.3 is 0 Å². The fourth-order valence-electron chi connectivity index (χ4n) is 5.61. The molecule has 6 rings (SSSR count). The third kappa shape index (κ3) is 5.96. The van der Waals surface area contributed by atoms with Crippen LogP contribution in [-0.2, 0) is 6.61 Å². The Morgan fingerprint density at radius 3 is 2.64 bits per heavy atom. The minimum atomic E-state index is -1.08. The number of rotatable bonds is 9. The van der Waals surface area contributed by atoms with Crippen molar-refractivity contribution in [1.29, 1.82) is 0 Å². The van der Waals surface area contributed by atoms with Crippen molar-refractivity contribution in [3.8, 4) is 17.0 Å². The molecule has 1 fully saturated rings. The van der Waals surface area contributed by atoms with Crippen LogP contribution < -0.4 is 15.4 Å². The molecule has 0 radical (unpaired) electrons. The van der Waals surface area contributed by atoms with Gasteiger partial charge in [-0.05, 0) is 81.2 Å². The number of likely N-dealkylation sites (tertiary alicyclic amines) is 1. The zero-order valence-electron chi connectivity index (χ0n) is 24.6. The van der Waals surface area contributed by atoms with Gasteiger partial charge in [0, 0.05) is 60.3 Å². The van der Waals surface area contributed by atoms with Crippen LogP contribution in [0.2, 0.25) is 0 Å². The molecule has 0 aliphatic carbocycles. The highest BCUT2D eigenvalue weighted by Gasteiger charge is 2.24. The van der Waals surface area contributed by atoms with E-state index in [-0.39, 0.29) is 23.8 Å². The number of nitrogens with zero attached hydrogens (tertiary/aromatic N) is 5. The molecular weight excluding hydrogens is 564 g/mol. The molecule has 0 atom stereocenters. The van der Waals surface area contributed by atoms with Crippen LogP contribution in [0.4, 0.5) is 20.3 Å². The minimum absolute atomic E-state index is 0.0366. The van der Waals surface area contributed by atoms with Gasteiger partial charge in [-0.15, -0.1) is 0 Å². The maximum atomic E-state index is 15.3. The van der Waals surface area contributed by atoms with E-state index in [1.54, 1.807) is 41.3 Å². The van der Waals surface area contributed by atoms with Crippen molar-refractivity contribution in [2.75, 3.05) is 32.0 Å². The number of anilines is 2. The predicted octanol–water partition coefficient (Wildman–Crippen LogP) is 5.77. The standard InChI is InChI=1S/C33H33F2N7O2/c1-21-16-24(5-6-25(21)33(43)41-13-9-22(10-14-41)17-36-2)40-31-32-39-19-27(42(32)15-12-38-31)26-7-8-28(30(35)29(26)34)44-20-23-4-3-11-37-18-23/h3-8,11-12,15-16,18-19,22,36H,9-10,13-14,17,20H2,1-2H3,(H,38,40). The van der Waals surface area contributed by atoms with Gasteiger partial charge in [-0.25, -0.2) is 14.4 Å². The minimum Gasteiger partial charge on any atom is -0.486 e. The van der Waals surface area contributed by atoms with E-state index in [0.29, 0.717) is 28.6 Å². The number of carbonyl (C=O) groups excluding carboxylic acids is 1. The van der Waals surface area contributed by atoms with Gasteiger partial charge in [0.05, 0.1) is 11.9 Å². The Balaban J connectivity index is 1.19. The first-order chi connectivity index (χ1) is 21.4. The molecule has 9 nitrogen and oxygen atoms in total. The molecule has 1 aliphatic heterocycles. The molecule has 226 valence electrons. The molecule has 0 unspecified atom stereocenters. The largest absolute Gasteiger partial charge is 0.486 e. The summed E-state index contributed by atoms with van der Waals surface area (Å²) in [6.45, 7) is 4.45. The Morgan fingerprint density at radius 1 is 1.05 bits per heavy atom. The second kappa shape index (κ2) is 12.8. The van der Waals surface area contributed by atoms with Gasteiger partial charge in [-0.3, -0.25) is 14.2 Å². The van der Waals surface area contributed by atoms with Gasteiger partial charge in [-0.1, -0.05) is 6.07 Å². The molecule has 11 heteroatoms. The SMILES string of the molecule is CNCC1CCN(C(=O)c2ccc(Nc3nccn4c(-c5ccc(OCc6cccnc6)c(F)c5F)cnc34)cc2C)CC1. The van der Waals surface area contributed by atoms with Gasteiger partial charge in [0.15, 0.2) is 23.0 Å². The van der Waals surface area contributed by atoms with Gasteiger partial charge in [-0.2, -0.15) is 4.39 Å². The first-order valence-electron chi connectivity index (χ1n) is 14.6. The van der Waals surface area contributed by atoms with E-state index >= 15 is 8.78 Å². The van der Waals surface area contributed by atoms with Crippen LogP contribution in [-0.4, -0.2) is 56.8 Å². The average Bonchev–Trinajstić information content (AvgIpc) is 3.47. The number of piperidine rings is 1. The topological polar surface area (TPSA) is 96.7 Å². The maximum absolute atomic E-state index is 15.3. The maximum Gasteiger partial charge on any atom is 0.254 e. The number of benzene rings is 2. The van der Waals surface area contributed by atoms with E-state index in [4.69, 9.17) is 4.74 Å². The molecule has 1 aliphatic rings. The molecule has 2 aromatic carbocycles. The van der Waals surface area contributed by atoms with Gasteiger partial charge in [0.1, 0.15) is 6.61 Å². The highest BCUT2D eigenvalue weighted by Crippen LogP contribution is 2.32. The number of carbonyl (C=O) groups is 1. The Kier molecular flexibility index (Phi) is 8.47. The summed E-state index contributed by atoms with van der Waals surface area (Å²) >= 11 is 0. The summed E-state index contributed by atoms with van der Waals surface area (Å²) in [7, 11) is 1.96. The number of aryl methyl sites for hydroxylation is 1. The Labute approximate surface area is 253 Å². The van der Waals surface area contributed by atoms with E-state index in [9.17, 15) is 4.79 Å². The van der Waals surface area contributed by atoms with Crippen LogP contribution in [0.5, 0.6) is 5.75 Å². The van der Waals surface area contributed by atoms with Gasteiger partial charge in [0.2, 0.25) is 5.82 Å². The van der Waals surface area contributed by atoms with Crippen LogP contribution in [0, 0.1) is 24.5 Å². The second-order valence-electron chi connectivity index (χ2n) is 11.0. The highest BCUT2D eigenvalue weighted by molar-refractivity contribution is 5.96. The molecule has 2 N–H and O–H groups in total. The first kappa shape index (κ1) is 29.2. The molecule has 3 aromatic heterocycles. The smallest absolute Gasteiger partial charge is 0.254 e. The molecular formula is C33H33F2N7O2. The number of aromatic nitrogens is 4. The van der Waals surface area contributed by atoms with Crippen LogP contribution >= 0.6 is 0 Å². The fraction of sp³-hybridized carbons (Fsp3) is 0.273. The molecule has 1 amide bonds. The quantitative estimate of drug-likeness (QED) is 0.223. The summed E-state index contributed by atoms with van der Waals surface area (Å²) in [6, 6.07) is 12.0. The third-order valence-electron chi connectivity index (χ3n) is 7.98. The van der Waals surface area contributed by atoms with Crippen molar-refractivity contribution in [3.63, 3.8) is 0 Å². The van der Waals surface area contributed by atoms with Crippen molar-refractivity contribution in [1.82, 2.24) is 29.6 Å². The van der Waals surface area contributed by atoms with Crippen LogP contribution in [0.25, 0.3) is 16.9 Å². The summed E-state index contributed by atoms with van der Waals surface area (Å²) in [4.78, 5) is 28.1. The lowest BCUT2D eigenvalue weighted by Crippen LogP contribution is -2.40. The van der Waals surface area contributed by atoms with E-state index in [1.165, 1.54) is 18.3 Å². The average molecular weight is 598 g/mol. The third-order valence-corrected chi connectivity index (χ3v) is 7.98. The lowest BCUT2D eigenvalue weighted by Gasteiger charge is -2.32. The number of hydrogen-bond acceptors (Lipinski definition) is 7. The van der Waals surface area contributed by atoms with Crippen LogP contribution in [0.15, 0.2) is 73.4 Å². The normalized spacial score (nSPS) is 13.8. The number of nitrogens with one attached hydrogen (secondary N) is 2. The van der Waals surface area contributed by atoms with Crippen LogP contribution in [0.3, 0.4) is 0 Å². The molecule has 5 aromatic rings. The van der Waals surface area contributed by atoms with E-state index in [0.717, 1.165) is 49.3 Å². The Morgan fingerprint density at radius 2 is 1.89 bits per heavy atom. The molecule has 0 spiro atoms. The number of hydrogen-bond donors (Lipinski definition) is 2. The summed E-state index contributed by atoms with van der Waals surface area (Å²) in [5.74, 6) is -1.24. The zero-order valence-corrected chi connectivity index (χ0v) is 24.6. The molecule has 0 bridgehead atoms. The Hall–Kier alpha value is -4.90. The monoisotopic (exact) mass is 597 g/mol. The van der Waals surface area contributed by atoms with Crippen molar-refractivity contribution < 1.29 is 18.3 Å². The van der Waals surface area contributed by atoms with Crippen LogP contribution in [0.1, 0.15) is 34.3 Å². The highest BCUT2D eigenvalue weighted by atomic mass is 19.2. The van der Waals surface area contributed by atoms with E-state index in [1.807, 2.05) is 37.1 Å². The summed E-state index contributed by atoms with van der Waals surface area (Å²) in [5.41, 5.74) is 3.80. The van der Waals surface area contributed by atoms with Crippen molar-refractivity contribution in [3.05, 3.63) is 102 Å². The molecule has 1 saturated heterocycles. The van der Waals surface area contributed by atoms with Crippen molar-refractivity contribution in [2.45, 2.75) is 26.4 Å². The molecule has 44 heavy (non-hydrogen) atoms. The molecule has 4 heterocycles. The lowest BCUT2D eigenvalue weighted by atomic mass is 9.96. The van der Waals surface area contributed by atoms with E-state index in [2.05, 4.69) is 25.6 Å². The lowest BCUT2D eigenvalue weighted by molar-refractivity contribution is 0.0690. The number of ether oxygens (including phenoxy) is 1. The fourth-order valence-corrected chi connectivity index (χ4v) is 5.61.